The Kier molecular flexibility index (Phi) is 5.44. The van der Waals surface area contributed by atoms with E-state index in [1.54, 1.807) is 6.20 Å². The maximum atomic E-state index is 5.58. The number of rotatable bonds is 8. The molecule has 0 bridgehead atoms. The lowest BCUT2D eigenvalue weighted by atomic mass is 10.3. The molecule has 4 nitrogen and oxygen atoms in total. The fraction of sp³-hybridized carbons (Fsp3) is 0.400. The smallest absolute Gasteiger partial charge is 0.207 e. The van der Waals surface area contributed by atoms with E-state index in [1.165, 1.54) is 6.42 Å². The molecule has 2 rings (SSSR count). The van der Waals surface area contributed by atoms with Gasteiger partial charge in [-0.1, -0.05) is 31.5 Å². The molecule has 1 aromatic heterocycles. The van der Waals surface area contributed by atoms with Crippen LogP contribution in [-0.4, -0.2) is 22.8 Å². The minimum absolute atomic E-state index is 0.722. The first-order chi connectivity index (χ1) is 9.40. The minimum Gasteiger partial charge on any atom is -0.380 e. The van der Waals surface area contributed by atoms with Crippen molar-refractivity contribution in [2.75, 3.05) is 18.5 Å². The van der Waals surface area contributed by atoms with Gasteiger partial charge in [0.2, 0.25) is 5.95 Å². The van der Waals surface area contributed by atoms with Gasteiger partial charge in [-0.3, -0.25) is 0 Å². The first-order valence-electron chi connectivity index (χ1n) is 6.81. The highest BCUT2D eigenvalue weighted by Crippen LogP contribution is 2.13. The van der Waals surface area contributed by atoms with Gasteiger partial charge >= 0.3 is 0 Å². The number of nitrogens with one attached hydrogen (secondary N) is 1. The molecule has 0 radical (unpaired) electrons. The molecule has 0 aliphatic carbocycles. The summed E-state index contributed by atoms with van der Waals surface area (Å²) in [5.74, 6) is 0.852. The van der Waals surface area contributed by atoms with Gasteiger partial charge in [0.1, 0.15) is 0 Å². The predicted molar refractivity (Wildman–Crippen MR) is 77.7 cm³/mol. The van der Waals surface area contributed by atoms with Crippen LogP contribution < -0.4 is 5.32 Å². The summed E-state index contributed by atoms with van der Waals surface area (Å²) < 4.78 is 7.64. The van der Waals surface area contributed by atoms with Crippen LogP contribution in [0.4, 0.5) is 11.6 Å². The van der Waals surface area contributed by atoms with Crippen molar-refractivity contribution in [2.24, 2.45) is 0 Å². The summed E-state index contributed by atoms with van der Waals surface area (Å²) in [7, 11) is 0. The molecule has 1 N–H and O–H groups in total. The second-order valence-electron chi connectivity index (χ2n) is 4.40. The van der Waals surface area contributed by atoms with E-state index in [4.69, 9.17) is 4.74 Å². The van der Waals surface area contributed by atoms with Crippen LogP contribution in [0.15, 0.2) is 42.7 Å². The normalized spacial score (nSPS) is 10.6. The zero-order chi connectivity index (χ0) is 13.3. The molecule has 0 unspecified atom stereocenters. The molecule has 0 atom stereocenters. The fourth-order valence-electron chi connectivity index (χ4n) is 1.78. The largest absolute Gasteiger partial charge is 0.380 e. The minimum atomic E-state index is 0.722. The van der Waals surface area contributed by atoms with Crippen LogP contribution in [0.25, 0.3) is 0 Å². The van der Waals surface area contributed by atoms with Crippen LogP contribution in [0.1, 0.15) is 19.8 Å². The number of para-hydroxylation sites is 1. The lowest BCUT2D eigenvalue weighted by Crippen LogP contribution is -2.09. The number of aromatic nitrogens is 2. The average molecular weight is 259 g/mol. The molecule has 102 valence electrons. The Balaban J connectivity index is 1.84. The highest BCUT2D eigenvalue weighted by molar-refractivity contribution is 5.52. The van der Waals surface area contributed by atoms with Crippen LogP contribution >= 0.6 is 0 Å². The van der Waals surface area contributed by atoms with Gasteiger partial charge in [-0.15, -0.1) is 0 Å². The molecule has 1 heterocycles. The van der Waals surface area contributed by atoms with Gasteiger partial charge in [0.25, 0.3) is 0 Å². The molecular weight excluding hydrogens is 238 g/mol. The standard InChI is InChI=1S/C15H21N3O/c1-2-3-12-19-13-11-18-10-9-16-15(18)17-14-7-5-4-6-8-14/h4-10H,2-3,11-13H2,1H3,(H,16,17). The summed E-state index contributed by atoms with van der Waals surface area (Å²) in [5.41, 5.74) is 1.04. The van der Waals surface area contributed by atoms with Crippen LogP contribution in [-0.2, 0) is 11.3 Å². The number of imidazole rings is 1. The third-order valence-corrected chi connectivity index (χ3v) is 2.86. The Morgan fingerprint density at radius 2 is 2.05 bits per heavy atom. The molecule has 2 aromatic rings. The number of hydrogen-bond acceptors (Lipinski definition) is 3. The monoisotopic (exact) mass is 259 g/mol. The number of anilines is 2. The van der Waals surface area contributed by atoms with E-state index < -0.39 is 0 Å². The van der Waals surface area contributed by atoms with Crippen LogP contribution in [0.2, 0.25) is 0 Å². The van der Waals surface area contributed by atoms with Crippen molar-refractivity contribution in [1.29, 1.82) is 0 Å². The Morgan fingerprint density at radius 3 is 2.84 bits per heavy atom. The van der Waals surface area contributed by atoms with Crippen molar-refractivity contribution >= 4 is 11.6 Å². The van der Waals surface area contributed by atoms with Crippen molar-refractivity contribution in [3.63, 3.8) is 0 Å². The highest BCUT2D eigenvalue weighted by Gasteiger charge is 2.02. The third kappa shape index (κ3) is 4.41. The van der Waals surface area contributed by atoms with Gasteiger partial charge in [0.05, 0.1) is 6.61 Å². The zero-order valence-corrected chi connectivity index (χ0v) is 11.4. The van der Waals surface area contributed by atoms with E-state index >= 15 is 0 Å². The average Bonchev–Trinajstić information content (AvgIpc) is 2.87. The Morgan fingerprint density at radius 1 is 1.21 bits per heavy atom. The van der Waals surface area contributed by atoms with E-state index in [9.17, 15) is 0 Å². The molecule has 0 aliphatic rings. The van der Waals surface area contributed by atoms with Crippen molar-refractivity contribution in [3.05, 3.63) is 42.7 Å². The second-order valence-corrected chi connectivity index (χ2v) is 4.40. The molecule has 1 aromatic carbocycles. The summed E-state index contributed by atoms with van der Waals surface area (Å²) in [6, 6.07) is 10.1. The number of ether oxygens (including phenoxy) is 1. The molecule has 0 saturated heterocycles. The van der Waals surface area contributed by atoms with E-state index in [-0.39, 0.29) is 0 Å². The lowest BCUT2D eigenvalue weighted by Gasteiger charge is -2.10. The van der Waals surface area contributed by atoms with E-state index in [0.717, 1.165) is 37.8 Å². The maximum Gasteiger partial charge on any atom is 0.207 e. The van der Waals surface area contributed by atoms with Crippen molar-refractivity contribution < 1.29 is 4.74 Å². The van der Waals surface area contributed by atoms with E-state index in [0.29, 0.717) is 0 Å². The van der Waals surface area contributed by atoms with Crippen LogP contribution in [0.5, 0.6) is 0 Å². The van der Waals surface area contributed by atoms with E-state index in [1.807, 2.05) is 36.5 Å². The number of nitrogens with zero attached hydrogens (tertiary/aromatic N) is 2. The molecule has 0 saturated carbocycles. The first kappa shape index (κ1) is 13.6. The lowest BCUT2D eigenvalue weighted by molar-refractivity contribution is 0.124. The van der Waals surface area contributed by atoms with Crippen molar-refractivity contribution in [1.82, 2.24) is 9.55 Å². The third-order valence-electron chi connectivity index (χ3n) is 2.86. The molecule has 4 heteroatoms. The predicted octanol–water partition coefficient (Wildman–Crippen LogP) is 3.44. The summed E-state index contributed by atoms with van der Waals surface area (Å²) in [5, 5.41) is 3.30. The molecule has 0 fully saturated rings. The summed E-state index contributed by atoms with van der Waals surface area (Å²) in [4.78, 5) is 4.32. The van der Waals surface area contributed by atoms with Crippen molar-refractivity contribution in [2.45, 2.75) is 26.3 Å². The molecular formula is C15H21N3O. The van der Waals surface area contributed by atoms with E-state index in [2.05, 4.69) is 21.8 Å². The Labute approximate surface area is 114 Å². The van der Waals surface area contributed by atoms with Gasteiger partial charge < -0.3 is 14.6 Å². The van der Waals surface area contributed by atoms with Crippen LogP contribution in [0, 0.1) is 0 Å². The quantitative estimate of drug-likeness (QED) is 0.738. The van der Waals surface area contributed by atoms with Gasteiger partial charge in [-0.05, 0) is 18.6 Å². The number of benzene rings is 1. The van der Waals surface area contributed by atoms with Gasteiger partial charge in [0.15, 0.2) is 0 Å². The van der Waals surface area contributed by atoms with Crippen LogP contribution in [0.3, 0.4) is 0 Å². The number of hydrogen-bond donors (Lipinski definition) is 1. The maximum absolute atomic E-state index is 5.58. The van der Waals surface area contributed by atoms with Gasteiger partial charge in [-0.25, -0.2) is 4.98 Å². The SMILES string of the molecule is CCCCOCCn1ccnc1Nc1ccccc1. The van der Waals surface area contributed by atoms with Gasteiger partial charge in [-0.2, -0.15) is 0 Å². The summed E-state index contributed by atoms with van der Waals surface area (Å²) in [6.07, 6.45) is 6.07. The first-order valence-corrected chi connectivity index (χ1v) is 6.81. The molecule has 19 heavy (non-hydrogen) atoms. The van der Waals surface area contributed by atoms with Crippen molar-refractivity contribution in [3.8, 4) is 0 Å². The number of unbranched alkanes of at least 4 members (excludes halogenated alkanes) is 1. The zero-order valence-electron chi connectivity index (χ0n) is 11.4. The second kappa shape index (κ2) is 7.59. The Bertz CT molecular complexity index is 467. The topological polar surface area (TPSA) is 39.1 Å². The molecule has 0 amide bonds. The fourth-order valence-corrected chi connectivity index (χ4v) is 1.78. The summed E-state index contributed by atoms with van der Waals surface area (Å²) >= 11 is 0. The molecule has 0 aliphatic heterocycles. The molecule has 0 spiro atoms. The highest BCUT2D eigenvalue weighted by atomic mass is 16.5. The summed E-state index contributed by atoms with van der Waals surface area (Å²) in [6.45, 7) is 4.55. The van der Waals surface area contributed by atoms with Gasteiger partial charge in [0, 0.05) is 31.2 Å². The Hall–Kier alpha value is -1.81.